The smallest absolute Gasteiger partial charge is 0.119 e. The van der Waals surface area contributed by atoms with Gasteiger partial charge in [0.1, 0.15) is 5.75 Å². The first-order chi connectivity index (χ1) is 7.88. The van der Waals surface area contributed by atoms with Crippen molar-refractivity contribution in [2.75, 3.05) is 26.9 Å². The molecule has 16 heavy (non-hydrogen) atoms. The molecule has 1 aliphatic rings. The second-order valence-electron chi connectivity index (χ2n) is 4.12. The van der Waals surface area contributed by atoms with Gasteiger partial charge < -0.3 is 14.8 Å². The standard InChI is InChI=1S/C13H19NO2/c1-15-13-4-2-3-11(9-13)5-7-14-12-6-8-16-10-12/h2-4,9,12,14H,5-8,10H2,1H3. The van der Waals surface area contributed by atoms with Crippen LogP contribution in [0.25, 0.3) is 0 Å². The number of hydrogen-bond donors (Lipinski definition) is 1. The van der Waals surface area contributed by atoms with Crippen LogP contribution in [0.1, 0.15) is 12.0 Å². The van der Waals surface area contributed by atoms with E-state index in [1.54, 1.807) is 7.11 Å². The lowest BCUT2D eigenvalue weighted by Crippen LogP contribution is -2.30. The number of benzene rings is 1. The molecular weight excluding hydrogens is 202 g/mol. The van der Waals surface area contributed by atoms with Gasteiger partial charge in [0.2, 0.25) is 0 Å². The first kappa shape index (κ1) is 11.4. The summed E-state index contributed by atoms with van der Waals surface area (Å²) in [7, 11) is 1.70. The van der Waals surface area contributed by atoms with Gasteiger partial charge >= 0.3 is 0 Å². The van der Waals surface area contributed by atoms with Gasteiger partial charge in [-0.05, 0) is 37.1 Å². The van der Waals surface area contributed by atoms with Gasteiger partial charge in [0.05, 0.1) is 13.7 Å². The minimum Gasteiger partial charge on any atom is -0.497 e. The van der Waals surface area contributed by atoms with Crippen molar-refractivity contribution in [3.05, 3.63) is 29.8 Å². The molecule has 1 N–H and O–H groups in total. The van der Waals surface area contributed by atoms with Crippen molar-refractivity contribution in [1.82, 2.24) is 5.32 Å². The van der Waals surface area contributed by atoms with E-state index in [-0.39, 0.29) is 0 Å². The third kappa shape index (κ3) is 3.22. The molecule has 3 heteroatoms. The van der Waals surface area contributed by atoms with Crippen molar-refractivity contribution in [2.24, 2.45) is 0 Å². The summed E-state index contributed by atoms with van der Waals surface area (Å²) in [5.74, 6) is 0.932. The first-order valence-corrected chi connectivity index (χ1v) is 5.82. The summed E-state index contributed by atoms with van der Waals surface area (Å²) in [4.78, 5) is 0. The average Bonchev–Trinajstić information content (AvgIpc) is 2.82. The Hall–Kier alpha value is -1.06. The lowest BCUT2D eigenvalue weighted by molar-refractivity contribution is 0.190. The van der Waals surface area contributed by atoms with Crippen LogP contribution >= 0.6 is 0 Å². The molecule has 0 spiro atoms. The summed E-state index contributed by atoms with van der Waals surface area (Å²) in [6.45, 7) is 2.76. The van der Waals surface area contributed by atoms with E-state index < -0.39 is 0 Å². The highest BCUT2D eigenvalue weighted by atomic mass is 16.5. The highest BCUT2D eigenvalue weighted by Crippen LogP contribution is 2.12. The number of hydrogen-bond acceptors (Lipinski definition) is 3. The van der Waals surface area contributed by atoms with E-state index in [9.17, 15) is 0 Å². The van der Waals surface area contributed by atoms with Gasteiger partial charge in [0.15, 0.2) is 0 Å². The fourth-order valence-electron chi connectivity index (χ4n) is 1.94. The van der Waals surface area contributed by atoms with Crippen molar-refractivity contribution < 1.29 is 9.47 Å². The fourth-order valence-corrected chi connectivity index (χ4v) is 1.94. The van der Waals surface area contributed by atoms with Crippen LogP contribution < -0.4 is 10.1 Å². The molecule has 0 amide bonds. The fraction of sp³-hybridized carbons (Fsp3) is 0.538. The Morgan fingerprint density at radius 1 is 1.50 bits per heavy atom. The highest BCUT2D eigenvalue weighted by molar-refractivity contribution is 5.28. The molecule has 0 aromatic heterocycles. The highest BCUT2D eigenvalue weighted by Gasteiger charge is 2.13. The zero-order valence-corrected chi connectivity index (χ0v) is 9.74. The first-order valence-electron chi connectivity index (χ1n) is 5.82. The zero-order valence-electron chi connectivity index (χ0n) is 9.74. The third-order valence-electron chi connectivity index (χ3n) is 2.91. The monoisotopic (exact) mass is 221 g/mol. The molecule has 0 aliphatic carbocycles. The quantitative estimate of drug-likeness (QED) is 0.819. The van der Waals surface area contributed by atoms with Crippen LogP contribution in [0, 0.1) is 0 Å². The largest absolute Gasteiger partial charge is 0.497 e. The molecule has 1 heterocycles. The molecule has 1 saturated heterocycles. The average molecular weight is 221 g/mol. The van der Waals surface area contributed by atoms with Gasteiger partial charge in [-0.1, -0.05) is 12.1 Å². The van der Waals surface area contributed by atoms with Gasteiger partial charge in [0, 0.05) is 12.6 Å². The Kier molecular flexibility index (Phi) is 4.19. The van der Waals surface area contributed by atoms with E-state index in [1.807, 2.05) is 12.1 Å². The predicted octanol–water partition coefficient (Wildman–Crippen LogP) is 1.62. The van der Waals surface area contributed by atoms with E-state index in [1.165, 1.54) is 5.56 Å². The second kappa shape index (κ2) is 5.87. The van der Waals surface area contributed by atoms with E-state index in [0.29, 0.717) is 6.04 Å². The number of nitrogens with one attached hydrogen (secondary N) is 1. The van der Waals surface area contributed by atoms with E-state index >= 15 is 0 Å². The minimum absolute atomic E-state index is 0.547. The van der Waals surface area contributed by atoms with Crippen molar-refractivity contribution >= 4 is 0 Å². The van der Waals surface area contributed by atoms with E-state index in [0.717, 1.165) is 38.3 Å². The number of rotatable bonds is 5. The molecule has 0 saturated carbocycles. The molecule has 1 aromatic rings. The van der Waals surface area contributed by atoms with Crippen molar-refractivity contribution in [3.8, 4) is 5.75 Å². The topological polar surface area (TPSA) is 30.5 Å². The number of ether oxygens (including phenoxy) is 2. The third-order valence-corrected chi connectivity index (χ3v) is 2.91. The van der Waals surface area contributed by atoms with Crippen molar-refractivity contribution in [2.45, 2.75) is 18.9 Å². The second-order valence-corrected chi connectivity index (χ2v) is 4.12. The number of methoxy groups -OCH3 is 1. The van der Waals surface area contributed by atoms with Crippen LogP contribution in [0.2, 0.25) is 0 Å². The van der Waals surface area contributed by atoms with Crippen LogP contribution in [-0.4, -0.2) is 32.9 Å². The van der Waals surface area contributed by atoms with Crippen LogP contribution in [0.4, 0.5) is 0 Å². The molecule has 1 unspecified atom stereocenters. The van der Waals surface area contributed by atoms with Gasteiger partial charge in [-0.3, -0.25) is 0 Å². The molecule has 3 nitrogen and oxygen atoms in total. The van der Waals surface area contributed by atoms with Gasteiger partial charge in [-0.2, -0.15) is 0 Å². The molecule has 2 rings (SSSR count). The SMILES string of the molecule is COc1cccc(CCNC2CCOC2)c1. The Balaban J connectivity index is 1.75. The summed E-state index contributed by atoms with van der Waals surface area (Å²) >= 11 is 0. The van der Waals surface area contributed by atoms with Crippen LogP contribution in [-0.2, 0) is 11.2 Å². The summed E-state index contributed by atoms with van der Waals surface area (Å²) in [5.41, 5.74) is 1.31. The van der Waals surface area contributed by atoms with Crippen LogP contribution in [0.3, 0.4) is 0 Å². The maximum absolute atomic E-state index is 5.31. The van der Waals surface area contributed by atoms with E-state index in [2.05, 4.69) is 17.4 Å². The predicted molar refractivity (Wildman–Crippen MR) is 63.9 cm³/mol. The molecule has 1 fully saturated rings. The molecule has 0 bridgehead atoms. The van der Waals surface area contributed by atoms with Gasteiger partial charge in [0.25, 0.3) is 0 Å². The normalized spacial score (nSPS) is 19.9. The van der Waals surface area contributed by atoms with Gasteiger partial charge in [-0.25, -0.2) is 0 Å². The summed E-state index contributed by atoms with van der Waals surface area (Å²) in [5, 5.41) is 3.50. The Bertz CT molecular complexity index is 321. The Labute approximate surface area is 96.8 Å². The Morgan fingerprint density at radius 2 is 2.44 bits per heavy atom. The molecule has 88 valence electrons. The summed E-state index contributed by atoms with van der Waals surface area (Å²) < 4.78 is 10.5. The minimum atomic E-state index is 0.547. The van der Waals surface area contributed by atoms with E-state index in [4.69, 9.17) is 9.47 Å². The molecule has 1 aliphatic heterocycles. The Morgan fingerprint density at radius 3 is 3.19 bits per heavy atom. The van der Waals surface area contributed by atoms with Crippen LogP contribution in [0.15, 0.2) is 24.3 Å². The summed E-state index contributed by atoms with van der Waals surface area (Å²) in [6, 6.07) is 8.78. The maximum Gasteiger partial charge on any atom is 0.119 e. The molecule has 1 aromatic carbocycles. The molecule has 1 atom stereocenters. The molecule has 0 radical (unpaired) electrons. The lowest BCUT2D eigenvalue weighted by Gasteiger charge is -2.10. The summed E-state index contributed by atoms with van der Waals surface area (Å²) in [6.07, 6.45) is 2.17. The maximum atomic E-state index is 5.31. The van der Waals surface area contributed by atoms with Crippen LogP contribution in [0.5, 0.6) is 5.75 Å². The molecular formula is C13H19NO2. The van der Waals surface area contributed by atoms with Gasteiger partial charge in [-0.15, -0.1) is 0 Å². The lowest BCUT2D eigenvalue weighted by atomic mass is 10.1. The van der Waals surface area contributed by atoms with Crippen molar-refractivity contribution in [3.63, 3.8) is 0 Å². The van der Waals surface area contributed by atoms with Crippen molar-refractivity contribution in [1.29, 1.82) is 0 Å². The zero-order chi connectivity index (χ0) is 11.2.